The van der Waals surface area contributed by atoms with Crippen LogP contribution in [0.25, 0.3) is 10.2 Å². The van der Waals surface area contributed by atoms with Gasteiger partial charge in [-0.1, -0.05) is 12.1 Å². The molecule has 2 aromatic rings. The number of fused-ring (bicyclic) bond motifs is 1. The number of aromatic nitrogens is 1. The molecule has 0 spiro atoms. The first kappa shape index (κ1) is 14.3. The third kappa shape index (κ3) is 3.24. The minimum atomic E-state index is -1.31. The van der Waals surface area contributed by atoms with Gasteiger partial charge < -0.3 is 15.7 Å². The Balaban J connectivity index is 1.95. The van der Waals surface area contributed by atoms with Crippen LogP contribution in [0, 0.1) is 0 Å². The standard InChI is InChI=1S/C13H15N3O3S/c1-13(2,11(17)18)16-12(19)14-7-10-15-8-5-3-4-6-9(8)20-10/h3-6H,7H2,1-2H3,(H,17,18)(H2,14,16,19). The third-order valence-electron chi connectivity index (χ3n) is 2.70. The Kier molecular flexibility index (Phi) is 3.89. The summed E-state index contributed by atoms with van der Waals surface area (Å²) < 4.78 is 1.05. The van der Waals surface area contributed by atoms with Crippen molar-refractivity contribution in [1.82, 2.24) is 15.6 Å². The Morgan fingerprint density at radius 3 is 2.70 bits per heavy atom. The summed E-state index contributed by atoms with van der Waals surface area (Å²) in [6, 6.07) is 7.17. The van der Waals surface area contributed by atoms with E-state index in [1.807, 2.05) is 24.3 Å². The molecule has 6 nitrogen and oxygen atoms in total. The number of para-hydroxylation sites is 1. The number of aliphatic carboxylic acids is 1. The molecular weight excluding hydrogens is 278 g/mol. The van der Waals surface area contributed by atoms with E-state index in [-0.39, 0.29) is 6.54 Å². The lowest BCUT2D eigenvalue weighted by Crippen LogP contribution is -2.52. The molecule has 0 atom stereocenters. The van der Waals surface area contributed by atoms with Crippen LogP contribution in [0.5, 0.6) is 0 Å². The van der Waals surface area contributed by atoms with Gasteiger partial charge in [-0.25, -0.2) is 14.6 Å². The van der Waals surface area contributed by atoms with E-state index in [9.17, 15) is 9.59 Å². The van der Waals surface area contributed by atoms with E-state index in [1.165, 1.54) is 25.2 Å². The molecule has 0 fully saturated rings. The van der Waals surface area contributed by atoms with Crippen LogP contribution in [0.4, 0.5) is 4.79 Å². The van der Waals surface area contributed by atoms with Gasteiger partial charge in [-0.3, -0.25) is 0 Å². The van der Waals surface area contributed by atoms with Crippen molar-refractivity contribution in [3.05, 3.63) is 29.3 Å². The molecule has 7 heteroatoms. The maximum atomic E-state index is 11.6. The summed E-state index contributed by atoms with van der Waals surface area (Å²) >= 11 is 1.49. The number of amides is 2. The molecule has 1 aromatic carbocycles. The van der Waals surface area contributed by atoms with Crippen molar-refractivity contribution >= 4 is 33.6 Å². The van der Waals surface area contributed by atoms with Gasteiger partial charge >= 0.3 is 12.0 Å². The van der Waals surface area contributed by atoms with Crippen molar-refractivity contribution in [2.45, 2.75) is 25.9 Å². The molecule has 0 radical (unpaired) electrons. The largest absolute Gasteiger partial charge is 0.480 e. The number of carboxylic acid groups (broad SMARTS) is 1. The fourth-order valence-corrected chi connectivity index (χ4v) is 2.44. The zero-order valence-electron chi connectivity index (χ0n) is 11.1. The van der Waals surface area contributed by atoms with Crippen LogP contribution >= 0.6 is 11.3 Å². The molecule has 2 amide bonds. The van der Waals surface area contributed by atoms with Crippen LogP contribution in [0.1, 0.15) is 18.9 Å². The minimum Gasteiger partial charge on any atom is -0.480 e. The number of nitrogens with zero attached hydrogens (tertiary/aromatic N) is 1. The van der Waals surface area contributed by atoms with E-state index in [0.29, 0.717) is 0 Å². The van der Waals surface area contributed by atoms with E-state index in [4.69, 9.17) is 5.11 Å². The molecule has 106 valence electrons. The lowest BCUT2D eigenvalue weighted by Gasteiger charge is -2.20. The highest BCUT2D eigenvalue weighted by Crippen LogP contribution is 2.21. The fraction of sp³-hybridized carbons (Fsp3) is 0.308. The van der Waals surface area contributed by atoms with Gasteiger partial charge in [0.05, 0.1) is 16.8 Å². The maximum Gasteiger partial charge on any atom is 0.328 e. The molecule has 0 unspecified atom stereocenters. The van der Waals surface area contributed by atoms with Crippen LogP contribution in [-0.2, 0) is 11.3 Å². The van der Waals surface area contributed by atoms with Crippen molar-refractivity contribution in [3.63, 3.8) is 0 Å². The molecule has 0 aliphatic carbocycles. The van der Waals surface area contributed by atoms with Gasteiger partial charge in [-0.05, 0) is 26.0 Å². The number of carbonyl (C=O) groups is 2. The number of carbonyl (C=O) groups excluding carboxylic acids is 1. The zero-order valence-corrected chi connectivity index (χ0v) is 12.0. The topological polar surface area (TPSA) is 91.3 Å². The lowest BCUT2D eigenvalue weighted by atomic mass is 10.1. The summed E-state index contributed by atoms with van der Waals surface area (Å²) in [6.45, 7) is 3.11. The monoisotopic (exact) mass is 293 g/mol. The Morgan fingerprint density at radius 2 is 2.05 bits per heavy atom. The first-order valence-corrected chi connectivity index (χ1v) is 6.84. The summed E-state index contributed by atoms with van der Waals surface area (Å²) in [7, 11) is 0. The number of thiazole rings is 1. The summed E-state index contributed by atoms with van der Waals surface area (Å²) in [4.78, 5) is 26.9. The molecule has 0 saturated carbocycles. The van der Waals surface area contributed by atoms with Crippen LogP contribution < -0.4 is 10.6 Å². The first-order valence-electron chi connectivity index (χ1n) is 6.02. The average molecular weight is 293 g/mol. The predicted molar refractivity (Wildman–Crippen MR) is 76.7 cm³/mol. The van der Waals surface area contributed by atoms with Crippen LogP contribution in [-0.4, -0.2) is 27.6 Å². The molecule has 0 aliphatic rings. The Bertz CT molecular complexity index is 618. The molecule has 20 heavy (non-hydrogen) atoms. The Labute approximate surface area is 119 Å². The molecule has 1 heterocycles. The normalized spacial score (nSPS) is 11.3. The van der Waals surface area contributed by atoms with E-state index in [2.05, 4.69) is 15.6 Å². The van der Waals surface area contributed by atoms with Crippen molar-refractivity contribution in [2.75, 3.05) is 0 Å². The van der Waals surface area contributed by atoms with Gasteiger partial charge in [0, 0.05) is 0 Å². The summed E-state index contributed by atoms with van der Waals surface area (Å²) in [5, 5.41) is 14.7. The van der Waals surface area contributed by atoms with E-state index in [0.717, 1.165) is 15.2 Å². The number of hydrogen-bond acceptors (Lipinski definition) is 4. The average Bonchev–Trinajstić information content (AvgIpc) is 2.78. The van der Waals surface area contributed by atoms with Crippen molar-refractivity contribution < 1.29 is 14.7 Å². The molecule has 0 aliphatic heterocycles. The molecule has 1 aromatic heterocycles. The van der Waals surface area contributed by atoms with Crippen LogP contribution in [0.3, 0.4) is 0 Å². The van der Waals surface area contributed by atoms with Crippen molar-refractivity contribution in [2.24, 2.45) is 0 Å². The second-order valence-corrected chi connectivity index (χ2v) is 5.93. The summed E-state index contributed by atoms with van der Waals surface area (Å²) in [5.74, 6) is -1.09. The SMILES string of the molecule is CC(C)(NC(=O)NCc1nc2ccccc2s1)C(=O)O. The molecule has 0 saturated heterocycles. The van der Waals surface area contributed by atoms with E-state index >= 15 is 0 Å². The lowest BCUT2D eigenvalue weighted by molar-refractivity contribution is -0.142. The summed E-state index contributed by atoms with van der Waals surface area (Å²) in [6.07, 6.45) is 0. The zero-order chi connectivity index (χ0) is 14.8. The number of hydrogen-bond donors (Lipinski definition) is 3. The Morgan fingerprint density at radius 1 is 1.35 bits per heavy atom. The summed E-state index contributed by atoms with van der Waals surface area (Å²) in [5.41, 5.74) is -0.418. The predicted octanol–water partition coefficient (Wildman–Crippen LogP) is 1.96. The Hall–Kier alpha value is -2.15. The quantitative estimate of drug-likeness (QED) is 0.803. The van der Waals surface area contributed by atoms with Crippen LogP contribution in [0.15, 0.2) is 24.3 Å². The third-order valence-corrected chi connectivity index (χ3v) is 3.74. The number of carboxylic acids is 1. The van der Waals surface area contributed by atoms with E-state index < -0.39 is 17.5 Å². The van der Waals surface area contributed by atoms with Gasteiger partial charge in [-0.15, -0.1) is 11.3 Å². The number of nitrogens with one attached hydrogen (secondary N) is 2. The molecule has 2 rings (SSSR count). The van der Waals surface area contributed by atoms with Gasteiger partial charge in [-0.2, -0.15) is 0 Å². The minimum absolute atomic E-state index is 0.265. The maximum absolute atomic E-state index is 11.6. The number of urea groups is 1. The molecule has 0 bridgehead atoms. The number of rotatable bonds is 4. The highest BCUT2D eigenvalue weighted by atomic mass is 32.1. The van der Waals surface area contributed by atoms with Crippen molar-refractivity contribution in [3.8, 4) is 0 Å². The van der Waals surface area contributed by atoms with Gasteiger partial charge in [0.25, 0.3) is 0 Å². The second kappa shape index (κ2) is 5.46. The second-order valence-electron chi connectivity index (χ2n) is 4.81. The number of benzene rings is 1. The van der Waals surface area contributed by atoms with Gasteiger partial charge in [0.15, 0.2) is 0 Å². The highest BCUT2D eigenvalue weighted by Gasteiger charge is 2.28. The smallest absolute Gasteiger partial charge is 0.328 e. The molecular formula is C13H15N3O3S. The highest BCUT2D eigenvalue weighted by molar-refractivity contribution is 7.18. The first-order chi connectivity index (χ1) is 9.38. The fourth-order valence-electron chi connectivity index (χ4n) is 1.53. The van der Waals surface area contributed by atoms with Crippen molar-refractivity contribution in [1.29, 1.82) is 0 Å². The van der Waals surface area contributed by atoms with E-state index in [1.54, 1.807) is 0 Å². The van der Waals surface area contributed by atoms with Gasteiger partial charge in [0.1, 0.15) is 10.5 Å². The molecule has 3 N–H and O–H groups in total. The van der Waals surface area contributed by atoms with Gasteiger partial charge in [0.2, 0.25) is 0 Å². The van der Waals surface area contributed by atoms with Crippen LogP contribution in [0.2, 0.25) is 0 Å².